The molecule has 1 heterocycles. The van der Waals surface area contributed by atoms with Gasteiger partial charge in [-0.2, -0.15) is 42.1 Å². The Morgan fingerprint density at radius 3 is 1.62 bits per heavy atom. The number of fused-ring (bicyclic) bond motifs is 2. The molecule has 63 heavy (non-hydrogen) atoms. The lowest BCUT2D eigenvalue weighted by Crippen LogP contribution is -2.33. The van der Waals surface area contributed by atoms with Crippen LogP contribution in [0.2, 0.25) is 0 Å². The van der Waals surface area contributed by atoms with Crippen molar-refractivity contribution in [2.75, 3.05) is 11.1 Å². The van der Waals surface area contributed by atoms with Crippen molar-refractivity contribution in [1.82, 2.24) is 4.98 Å². The van der Waals surface area contributed by atoms with Gasteiger partial charge in [0, 0.05) is 27.8 Å². The smallest absolute Gasteiger partial charge is 0.303 e. The predicted molar refractivity (Wildman–Crippen MR) is 213 cm³/mol. The van der Waals surface area contributed by atoms with E-state index in [9.17, 15) is 92.8 Å². The minimum Gasteiger partial charge on any atom is -0.506 e. The van der Waals surface area contributed by atoms with Gasteiger partial charge in [-0.05, 0) is 48.2 Å². The van der Waals surface area contributed by atoms with E-state index in [2.05, 4.69) is 10.3 Å². The molecule has 0 saturated carbocycles. The van der Waals surface area contributed by atoms with Crippen LogP contribution in [0.3, 0.4) is 0 Å². The molecule has 1 aliphatic carbocycles. The molecular formula is C33H24N2O22S6. The van der Waals surface area contributed by atoms with Crippen molar-refractivity contribution in [3.05, 3.63) is 102 Å². The van der Waals surface area contributed by atoms with E-state index in [1.807, 2.05) is 0 Å². The first kappa shape index (κ1) is 46.7. The number of hydrogen-bond acceptors (Lipinski definition) is 18. The third-order valence-electron chi connectivity index (χ3n) is 9.13. The van der Waals surface area contributed by atoms with Crippen LogP contribution in [0.4, 0.5) is 11.4 Å². The van der Waals surface area contributed by atoms with Gasteiger partial charge in [-0.15, -0.1) is 0 Å². The minimum atomic E-state index is -5.74. The van der Waals surface area contributed by atoms with Gasteiger partial charge in [-0.1, -0.05) is 24.3 Å². The highest BCUT2D eigenvalue weighted by atomic mass is 32.2. The van der Waals surface area contributed by atoms with Crippen molar-refractivity contribution < 1.29 is 88.3 Å². The molecule has 0 saturated heterocycles. The number of carbonyl (C=O) groups is 1. The van der Waals surface area contributed by atoms with Gasteiger partial charge in [-0.25, -0.2) is 13.4 Å². The van der Waals surface area contributed by atoms with Gasteiger partial charge < -0.3 is 15.5 Å². The lowest BCUT2D eigenvalue weighted by Gasteiger charge is -2.18. The maximum absolute atomic E-state index is 14.4. The Bertz CT molecular complexity index is 3920. The molecular weight excluding hydrogens is 969 g/mol. The summed E-state index contributed by atoms with van der Waals surface area (Å²) in [6, 6.07) is 6.38. The van der Waals surface area contributed by atoms with E-state index in [1.54, 1.807) is 0 Å². The van der Waals surface area contributed by atoms with E-state index in [0.29, 0.717) is 18.2 Å². The summed E-state index contributed by atoms with van der Waals surface area (Å²) in [5.41, 5.74) is -6.90. The highest BCUT2D eigenvalue weighted by molar-refractivity contribution is 7.93. The van der Waals surface area contributed by atoms with Crippen LogP contribution in [0, 0.1) is 10.4 Å². The average molecular weight is 993 g/mol. The SMILES string of the molecule is O=C(O)CCCS(=O)(=O)c1cc(Nc2cc(S(=O)(=O)O)c3nc(=O)c(=C(O)c4cc(S(=O)(=O)O)cc(S(=O)(=O)O)c4)c4c5ccccc5c(=O)c2c3=4)c(S(=O)(=O)O)cc1S(=O)(=O)O. The lowest BCUT2D eigenvalue weighted by molar-refractivity contribution is -0.137. The van der Waals surface area contributed by atoms with Gasteiger partial charge in [0.05, 0.1) is 47.9 Å². The first-order valence-electron chi connectivity index (χ1n) is 16.6. The Kier molecular flexibility index (Phi) is 11.5. The van der Waals surface area contributed by atoms with Crippen molar-refractivity contribution >= 4 is 105 Å². The summed E-state index contributed by atoms with van der Waals surface area (Å²) in [5.74, 6) is -4.03. The van der Waals surface area contributed by atoms with Crippen LogP contribution in [-0.4, -0.2) is 100 Å². The Labute approximate surface area is 352 Å². The van der Waals surface area contributed by atoms with E-state index in [4.69, 9.17) is 5.11 Å². The molecule has 4 aromatic rings. The first-order valence-corrected chi connectivity index (χ1v) is 25.4. The number of carboxylic acid groups (broad SMARTS) is 1. The zero-order valence-corrected chi connectivity index (χ0v) is 35.4. The lowest BCUT2D eigenvalue weighted by atomic mass is 9.96. The topological polar surface area (TPSA) is 423 Å². The summed E-state index contributed by atoms with van der Waals surface area (Å²) >= 11 is 0. The zero-order chi connectivity index (χ0) is 47.2. The number of carboxylic acids is 1. The highest BCUT2D eigenvalue weighted by Gasteiger charge is 2.32. The number of benzene rings is 4. The van der Waals surface area contributed by atoms with Gasteiger partial charge >= 0.3 is 5.97 Å². The molecule has 0 atom stereocenters. The largest absolute Gasteiger partial charge is 0.506 e. The van der Waals surface area contributed by atoms with E-state index in [1.165, 1.54) is 12.1 Å². The zero-order valence-electron chi connectivity index (χ0n) is 30.5. The molecule has 4 aromatic carbocycles. The number of sulfone groups is 1. The molecule has 0 radical (unpaired) electrons. The number of nitrogens with zero attached hydrogens (tertiary/aromatic N) is 1. The summed E-state index contributed by atoms with van der Waals surface area (Å²) < 4.78 is 201. The normalized spacial score (nSPS) is 13.7. The fourth-order valence-corrected chi connectivity index (χ4v) is 11.8. The molecule has 0 unspecified atom stereocenters. The monoisotopic (exact) mass is 992 g/mol. The number of hydrogen-bond donors (Lipinski definition) is 8. The molecule has 2 aliphatic rings. The van der Waals surface area contributed by atoms with Crippen molar-refractivity contribution in [2.24, 2.45) is 0 Å². The molecule has 30 heteroatoms. The standard InChI is InChI=1S/C33H24N2O22S6/c36-25(37)6-3-7-58(41,42)22-11-19(21(61(49,50)51)13-23(22)62(52,53)54)34-20-12-24(63(55,56)57)30-28-26(17-4-1-2-5-18(17)32(39)27(20)28)29(33(40)35-30)31(38)14-8-15(59(43,44)45)10-16(9-14)60(46,47)48/h1-2,4-5,8-13,34,38H,3,6-7H2,(H,36,37)(H,43,44,45)(H,46,47,48)(H,49,50,51)(H,52,53,54)(H,55,56,57). The van der Waals surface area contributed by atoms with E-state index in [0.717, 1.165) is 12.1 Å². The van der Waals surface area contributed by atoms with Crippen LogP contribution in [0.1, 0.15) is 18.4 Å². The maximum Gasteiger partial charge on any atom is 0.303 e. The molecule has 0 amide bonds. The van der Waals surface area contributed by atoms with Crippen LogP contribution < -0.4 is 21.5 Å². The Hall–Kier alpha value is -5.80. The van der Waals surface area contributed by atoms with E-state index >= 15 is 0 Å². The number of rotatable bonds is 13. The summed E-state index contributed by atoms with van der Waals surface area (Å²) in [4.78, 5) is 34.6. The number of nitrogens with one attached hydrogen (secondary N) is 1. The van der Waals surface area contributed by atoms with Crippen LogP contribution in [0.5, 0.6) is 0 Å². The predicted octanol–water partition coefficient (Wildman–Crippen LogP) is 0.320. The maximum atomic E-state index is 14.4. The molecule has 1 aliphatic heterocycles. The van der Waals surface area contributed by atoms with Crippen LogP contribution in [0.15, 0.2) is 99.6 Å². The second-order valence-corrected chi connectivity index (χ2v) is 22.3. The minimum absolute atomic E-state index is 0.0478. The highest BCUT2D eigenvalue weighted by Crippen LogP contribution is 2.37. The first-order chi connectivity index (χ1) is 28.7. The Morgan fingerprint density at radius 1 is 0.587 bits per heavy atom. The summed E-state index contributed by atoms with van der Waals surface area (Å²) in [7, 11) is -32.9. The molecule has 6 rings (SSSR count). The molecule has 0 bridgehead atoms. The van der Waals surface area contributed by atoms with Gasteiger partial charge in [-0.3, -0.25) is 37.1 Å². The number of aromatic nitrogens is 1. The summed E-state index contributed by atoms with van der Waals surface area (Å²) in [6.07, 6.45) is -1.46. The van der Waals surface area contributed by atoms with Crippen molar-refractivity contribution in [3.8, 4) is 0 Å². The van der Waals surface area contributed by atoms with Crippen LogP contribution >= 0.6 is 0 Å². The Morgan fingerprint density at radius 2 is 1.11 bits per heavy atom. The third kappa shape index (κ3) is 8.90. The van der Waals surface area contributed by atoms with E-state index in [-0.39, 0.29) is 23.6 Å². The fraction of sp³-hybridized carbons (Fsp3) is 0.0909. The van der Waals surface area contributed by atoms with Crippen LogP contribution in [-0.2, 0) is 65.2 Å². The van der Waals surface area contributed by atoms with Crippen LogP contribution in [0.25, 0.3) is 27.4 Å². The molecule has 334 valence electrons. The number of aliphatic hydroxyl groups excluding tert-OH is 1. The van der Waals surface area contributed by atoms with E-state index < -0.39 is 180 Å². The fourth-order valence-electron chi connectivity index (χ4n) is 6.56. The van der Waals surface area contributed by atoms with Crippen molar-refractivity contribution in [3.63, 3.8) is 0 Å². The summed E-state index contributed by atoms with van der Waals surface area (Å²) in [5, 5.41) is 18.7. The molecule has 0 fully saturated rings. The second-order valence-electron chi connectivity index (χ2n) is 13.2. The molecule has 0 spiro atoms. The number of anilines is 2. The van der Waals surface area contributed by atoms with Crippen molar-refractivity contribution in [1.29, 1.82) is 0 Å². The quantitative estimate of drug-likeness (QED) is 0.0722. The van der Waals surface area contributed by atoms with Gasteiger partial charge in [0.25, 0.3) is 56.1 Å². The number of aliphatic carboxylic acids is 1. The third-order valence-corrected chi connectivity index (χ3v) is 15.4. The van der Waals surface area contributed by atoms with Gasteiger partial charge in [0.1, 0.15) is 20.4 Å². The van der Waals surface area contributed by atoms with Crippen molar-refractivity contribution in [2.45, 2.75) is 42.2 Å². The second kappa shape index (κ2) is 15.5. The summed E-state index contributed by atoms with van der Waals surface area (Å²) in [6.45, 7) is 0. The average Bonchev–Trinajstić information content (AvgIpc) is 3.14. The van der Waals surface area contributed by atoms with Gasteiger partial charge in [0.15, 0.2) is 15.3 Å². The molecule has 24 nitrogen and oxygen atoms in total. The van der Waals surface area contributed by atoms with Gasteiger partial charge in [0.2, 0.25) is 0 Å². The molecule has 8 N–H and O–H groups in total. The molecule has 0 aromatic heterocycles. The number of aliphatic hydroxyl groups is 1. The Balaban J connectivity index is 1.88.